The van der Waals surface area contributed by atoms with E-state index >= 15 is 0 Å². The molecule has 0 bridgehead atoms. The Morgan fingerprint density at radius 1 is 1.40 bits per heavy atom. The van der Waals surface area contributed by atoms with Gasteiger partial charge in [0.1, 0.15) is 0 Å². The van der Waals surface area contributed by atoms with Gasteiger partial charge in [-0.3, -0.25) is 0 Å². The Hall–Kier alpha value is -1.22. The molecule has 0 unspecified atom stereocenters. The summed E-state index contributed by atoms with van der Waals surface area (Å²) in [6, 6.07) is 5.93. The topological polar surface area (TPSA) is 41.5 Å². The largest absolute Gasteiger partial charge is 0.504 e. The van der Waals surface area contributed by atoms with Crippen LogP contribution in [0.15, 0.2) is 18.2 Å². The van der Waals surface area contributed by atoms with Crippen molar-refractivity contribution >= 4 is 0 Å². The van der Waals surface area contributed by atoms with Gasteiger partial charge in [0.25, 0.3) is 0 Å². The molecule has 1 aliphatic heterocycles. The van der Waals surface area contributed by atoms with Crippen molar-refractivity contribution in [2.45, 2.75) is 25.3 Å². The van der Waals surface area contributed by atoms with Crippen molar-refractivity contribution in [3.8, 4) is 11.5 Å². The van der Waals surface area contributed by atoms with E-state index in [9.17, 15) is 5.11 Å². The summed E-state index contributed by atoms with van der Waals surface area (Å²) >= 11 is 0. The van der Waals surface area contributed by atoms with Gasteiger partial charge in [0, 0.05) is 11.6 Å². The molecule has 1 aliphatic rings. The first-order valence-corrected chi connectivity index (χ1v) is 5.42. The molecule has 1 atom stereocenters. The van der Waals surface area contributed by atoms with Gasteiger partial charge in [-0.05, 0) is 25.5 Å². The minimum Gasteiger partial charge on any atom is -0.504 e. The number of hydrogen-bond donors (Lipinski definition) is 2. The van der Waals surface area contributed by atoms with Crippen molar-refractivity contribution < 1.29 is 9.84 Å². The van der Waals surface area contributed by atoms with Crippen LogP contribution >= 0.6 is 0 Å². The summed E-state index contributed by atoms with van der Waals surface area (Å²) in [5.41, 5.74) is 0.953. The van der Waals surface area contributed by atoms with Crippen LogP contribution < -0.4 is 10.1 Å². The van der Waals surface area contributed by atoms with E-state index in [1.807, 2.05) is 12.1 Å². The van der Waals surface area contributed by atoms with Crippen LogP contribution in [0.1, 0.15) is 30.9 Å². The SMILES string of the molecule is COc1cccc([C@H]2CCCCN2)c1O. The highest BCUT2D eigenvalue weighted by atomic mass is 16.5. The second kappa shape index (κ2) is 4.53. The van der Waals surface area contributed by atoms with E-state index < -0.39 is 0 Å². The molecule has 0 aromatic heterocycles. The van der Waals surface area contributed by atoms with Crippen LogP contribution in [0.4, 0.5) is 0 Å². The Morgan fingerprint density at radius 2 is 2.27 bits per heavy atom. The molecule has 1 aromatic rings. The maximum Gasteiger partial charge on any atom is 0.162 e. The number of para-hydroxylation sites is 1. The van der Waals surface area contributed by atoms with Crippen LogP contribution in [0, 0.1) is 0 Å². The third-order valence-electron chi connectivity index (χ3n) is 2.94. The smallest absolute Gasteiger partial charge is 0.162 e. The number of rotatable bonds is 2. The molecule has 1 saturated heterocycles. The molecule has 1 fully saturated rings. The van der Waals surface area contributed by atoms with E-state index in [4.69, 9.17) is 4.74 Å². The summed E-state index contributed by atoms with van der Waals surface area (Å²) in [7, 11) is 1.58. The summed E-state index contributed by atoms with van der Waals surface area (Å²) in [5, 5.41) is 13.4. The number of piperidine rings is 1. The molecule has 0 amide bonds. The molecule has 0 saturated carbocycles. The standard InChI is InChI=1S/C12H17NO2/c1-15-11-7-4-5-9(12(11)14)10-6-2-3-8-13-10/h4-5,7,10,13-14H,2-3,6,8H2,1H3/t10-/m1/s1. The quantitative estimate of drug-likeness (QED) is 0.781. The Bertz CT molecular complexity index is 332. The molecule has 2 N–H and O–H groups in total. The molecule has 3 heteroatoms. The summed E-state index contributed by atoms with van der Waals surface area (Å²) in [6.07, 6.45) is 3.52. The van der Waals surface area contributed by atoms with Gasteiger partial charge < -0.3 is 15.2 Å². The fraction of sp³-hybridized carbons (Fsp3) is 0.500. The van der Waals surface area contributed by atoms with E-state index in [1.54, 1.807) is 13.2 Å². The van der Waals surface area contributed by atoms with Crippen molar-refractivity contribution in [1.82, 2.24) is 5.32 Å². The summed E-state index contributed by atoms with van der Waals surface area (Å²) < 4.78 is 5.10. The third kappa shape index (κ3) is 2.07. The van der Waals surface area contributed by atoms with E-state index in [2.05, 4.69) is 5.32 Å². The lowest BCUT2D eigenvalue weighted by Crippen LogP contribution is -2.26. The number of phenolic OH excluding ortho intramolecular Hbond substituents is 1. The average Bonchev–Trinajstić information content (AvgIpc) is 2.30. The zero-order chi connectivity index (χ0) is 10.7. The molecule has 1 heterocycles. The number of aromatic hydroxyl groups is 1. The molecule has 15 heavy (non-hydrogen) atoms. The predicted molar refractivity (Wildman–Crippen MR) is 59.3 cm³/mol. The van der Waals surface area contributed by atoms with Crippen LogP contribution in [0.25, 0.3) is 0 Å². The van der Waals surface area contributed by atoms with Crippen LogP contribution in [-0.4, -0.2) is 18.8 Å². The Balaban J connectivity index is 2.26. The van der Waals surface area contributed by atoms with Crippen LogP contribution in [0.2, 0.25) is 0 Å². The highest BCUT2D eigenvalue weighted by molar-refractivity contribution is 5.46. The summed E-state index contributed by atoms with van der Waals surface area (Å²) in [5.74, 6) is 0.833. The third-order valence-corrected chi connectivity index (χ3v) is 2.94. The number of methoxy groups -OCH3 is 1. The Kier molecular flexibility index (Phi) is 3.11. The van der Waals surface area contributed by atoms with Crippen molar-refractivity contribution in [2.24, 2.45) is 0 Å². The van der Waals surface area contributed by atoms with Gasteiger partial charge >= 0.3 is 0 Å². The van der Waals surface area contributed by atoms with Gasteiger partial charge in [0.05, 0.1) is 7.11 Å². The van der Waals surface area contributed by atoms with Crippen LogP contribution in [0.5, 0.6) is 11.5 Å². The Morgan fingerprint density at radius 3 is 2.93 bits per heavy atom. The molecule has 2 rings (SSSR count). The Labute approximate surface area is 90.1 Å². The second-order valence-electron chi connectivity index (χ2n) is 3.90. The molecule has 0 spiro atoms. The summed E-state index contributed by atoms with van der Waals surface area (Å²) in [6.45, 7) is 1.03. The predicted octanol–water partition coefficient (Wildman–Crippen LogP) is 2.22. The van der Waals surface area contributed by atoms with Crippen LogP contribution in [-0.2, 0) is 0 Å². The van der Waals surface area contributed by atoms with Gasteiger partial charge in [-0.2, -0.15) is 0 Å². The highest BCUT2D eigenvalue weighted by Crippen LogP contribution is 2.36. The van der Waals surface area contributed by atoms with Crippen molar-refractivity contribution in [1.29, 1.82) is 0 Å². The van der Waals surface area contributed by atoms with E-state index in [0.29, 0.717) is 5.75 Å². The maximum atomic E-state index is 9.98. The van der Waals surface area contributed by atoms with Crippen molar-refractivity contribution in [2.75, 3.05) is 13.7 Å². The first-order chi connectivity index (χ1) is 7.33. The normalized spacial score (nSPS) is 21.3. The first kappa shape index (κ1) is 10.3. The number of nitrogens with one attached hydrogen (secondary N) is 1. The first-order valence-electron chi connectivity index (χ1n) is 5.42. The van der Waals surface area contributed by atoms with E-state index in [0.717, 1.165) is 18.5 Å². The number of phenols is 1. The lowest BCUT2D eigenvalue weighted by atomic mass is 9.96. The minimum absolute atomic E-state index is 0.272. The van der Waals surface area contributed by atoms with E-state index in [-0.39, 0.29) is 11.8 Å². The van der Waals surface area contributed by atoms with Crippen LogP contribution in [0.3, 0.4) is 0 Å². The van der Waals surface area contributed by atoms with Crippen molar-refractivity contribution in [3.63, 3.8) is 0 Å². The minimum atomic E-state index is 0.272. The van der Waals surface area contributed by atoms with Gasteiger partial charge in [0.2, 0.25) is 0 Å². The van der Waals surface area contributed by atoms with Gasteiger partial charge in [0.15, 0.2) is 11.5 Å². The van der Waals surface area contributed by atoms with Crippen molar-refractivity contribution in [3.05, 3.63) is 23.8 Å². The monoisotopic (exact) mass is 207 g/mol. The number of benzene rings is 1. The number of ether oxygens (including phenoxy) is 1. The number of hydrogen-bond acceptors (Lipinski definition) is 3. The van der Waals surface area contributed by atoms with E-state index in [1.165, 1.54) is 12.8 Å². The zero-order valence-corrected chi connectivity index (χ0v) is 8.99. The van der Waals surface area contributed by atoms with Gasteiger partial charge in [-0.1, -0.05) is 18.6 Å². The van der Waals surface area contributed by atoms with Gasteiger partial charge in [-0.15, -0.1) is 0 Å². The molecule has 82 valence electrons. The van der Waals surface area contributed by atoms with Gasteiger partial charge in [-0.25, -0.2) is 0 Å². The molecule has 0 radical (unpaired) electrons. The second-order valence-corrected chi connectivity index (χ2v) is 3.90. The highest BCUT2D eigenvalue weighted by Gasteiger charge is 2.19. The lowest BCUT2D eigenvalue weighted by Gasteiger charge is -2.24. The lowest BCUT2D eigenvalue weighted by molar-refractivity contribution is 0.354. The summed E-state index contributed by atoms with van der Waals surface area (Å²) in [4.78, 5) is 0. The molecule has 1 aromatic carbocycles. The fourth-order valence-corrected chi connectivity index (χ4v) is 2.10. The maximum absolute atomic E-state index is 9.98. The fourth-order valence-electron chi connectivity index (χ4n) is 2.10. The molecule has 3 nitrogen and oxygen atoms in total. The molecular weight excluding hydrogens is 190 g/mol. The average molecular weight is 207 g/mol. The zero-order valence-electron chi connectivity index (χ0n) is 8.99. The molecular formula is C12H17NO2. The molecule has 0 aliphatic carbocycles.